The molecule has 2 nitrogen and oxygen atoms in total. The second kappa shape index (κ2) is 4.59. The predicted molar refractivity (Wildman–Crippen MR) is 59.8 cm³/mol. The Hall–Kier alpha value is -1.00. The monoisotopic (exact) mass is 262 g/mol. The Morgan fingerprint density at radius 2 is 2.00 bits per heavy atom. The van der Waals surface area contributed by atoms with E-state index >= 15 is 0 Å². The largest absolute Gasteiger partial charge is 0.490 e. The minimum atomic E-state index is -4.92. The minimum absolute atomic E-state index is 0.360. The Kier molecular flexibility index (Phi) is 3.43. The van der Waals surface area contributed by atoms with Crippen LogP contribution in [0.4, 0.5) is 13.2 Å². The highest BCUT2D eigenvalue weighted by molar-refractivity contribution is 5.76. The molecular formula is C13H17F3O2. The van der Waals surface area contributed by atoms with Gasteiger partial charge >= 0.3 is 12.1 Å². The van der Waals surface area contributed by atoms with Gasteiger partial charge in [-0.15, -0.1) is 0 Å². The number of fused-ring (bicyclic) bond motifs is 2. The van der Waals surface area contributed by atoms with E-state index in [0.29, 0.717) is 30.8 Å². The lowest BCUT2D eigenvalue weighted by Crippen LogP contribution is -2.43. The summed E-state index contributed by atoms with van der Waals surface area (Å²) in [4.78, 5) is 11.1. The van der Waals surface area contributed by atoms with Crippen LogP contribution in [0.3, 0.4) is 0 Å². The molecule has 2 unspecified atom stereocenters. The van der Waals surface area contributed by atoms with Crippen LogP contribution in [-0.4, -0.2) is 17.7 Å². The fourth-order valence-corrected chi connectivity index (χ4v) is 3.15. The van der Waals surface area contributed by atoms with Gasteiger partial charge in [-0.1, -0.05) is 13.0 Å². The van der Waals surface area contributed by atoms with Crippen molar-refractivity contribution in [2.75, 3.05) is 0 Å². The molecule has 0 saturated heterocycles. The minimum Gasteiger partial charge on any atom is -0.448 e. The number of carbonyl (C=O) groups is 1. The van der Waals surface area contributed by atoms with Crippen molar-refractivity contribution in [3.05, 3.63) is 12.2 Å². The van der Waals surface area contributed by atoms with Crippen molar-refractivity contribution < 1.29 is 22.7 Å². The number of halogens is 3. The Morgan fingerprint density at radius 1 is 1.33 bits per heavy atom. The van der Waals surface area contributed by atoms with Gasteiger partial charge in [0.2, 0.25) is 0 Å². The van der Waals surface area contributed by atoms with E-state index < -0.39 is 17.7 Å². The molecule has 2 saturated carbocycles. The highest BCUT2D eigenvalue weighted by atomic mass is 19.4. The zero-order valence-corrected chi connectivity index (χ0v) is 10.2. The number of esters is 1. The standard InChI is InChI=1S/C13H17F3O2/c1-9-4-2-5-10-6-3-7-12(9,8-10)18-11(17)13(14,15)16/h10H,1-8H2. The molecule has 2 aliphatic carbocycles. The van der Waals surface area contributed by atoms with Crippen LogP contribution in [0.2, 0.25) is 0 Å². The average Bonchev–Trinajstić information content (AvgIpc) is 2.36. The Labute approximate surface area is 104 Å². The van der Waals surface area contributed by atoms with Crippen LogP contribution < -0.4 is 0 Å². The fourth-order valence-electron chi connectivity index (χ4n) is 3.15. The maximum atomic E-state index is 12.4. The summed E-state index contributed by atoms with van der Waals surface area (Å²) in [5.41, 5.74) is -0.409. The van der Waals surface area contributed by atoms with Gasteiger partial charge in [-0.3, -0.25) is 0 Å². The Bertz CT molecular complexity index is 362. The van der Waals surface area contributed by atoms with Crippen LogP contribution in [0.1, 0.15) is 44.9 Å². The summed E-state index contributed by atoms with van der Waals surface area (Å²) in [6.07, 6.45) is 0.445. The first-order valence-corrected chi connectivity index (χ1v) is 6.32. The summed E-state index contributed by atoms with van der Waals surface area (Å²) in [5, 5.41) is 0. The maximum Gasteiger partial charge on any atom is 0.490 e. The van der Waals surface area contributed by atoms with E-state index in [9.17, 15) is 18.0 Å². The lowest BCUT2D eigenvalue weighted by atomic mass is 9.75. The lowest BCUT2D eigenvalue weighted by Gasteiger charge is -2.40. The van der Waals surface area contributed by atoms with E-state index in [0.717, 1.165) is 25.7 Å². The van der Waals surface area contributed by atoms with Gasteiger partial charge in [0.05, 0.1) is 0 Å². The van der Waals surface area contributed by atoms with Crippen molar-refractivity contribution in [1.29, 1.82) is 0 Å². The third-order valence-electron chi connectivity index (χ3n) is 4.07. The molecule has 0 N–H and O–H groups in total. The summed E-state index contributed by atoms with van der Waals surface area (Å²) in [5.74, 6) is -1.72. The fraction of sp³-hybridized carbons (Fsp3) is 0.769. The van der Waals surface area contributed by atoms with Gasteiger partial charge in [0, 0.05) is 0 Å². The zero-order valence-electron chi connectivity index (χ0n) is 10.2. The van der Waals surface area contributed by atoms with Gasteiger partial charge < -0.3 is 4.74 Å². The van der Waals surface area contributed by atoms with Crippen molar-refractivity contribution in [3.63, 3.8) is 0 Å². The average molecular weight is 262 g/mol. The quantitative estimate of drug-likeness (QED) is 0.531. The molecule has 2 aliphatic rings. The Morgan fingerprint density at radius 3 is 2.67 bits per heavy atom. The van der Waals surface area contributed by atoms with Crippen LogP contribution in [0.5, 0.6) is 0 Å². The number of hydrogen-bond donors (Lipinski definition) is 0. The molecule has 18 heavy (non-hydrogen) atoms. The van der Waals surface area contributed by atoms with Gasteiger partial charge in [-0.05, 0) is 50.0 Å². The van der Waals surface area contributed by atoms with Gasteiger partial charge in [0.15, 0.2) is 0 Å². The van der Waals surface area contributed by atoms with Gasteiger partial charge in [-0.25, -0.2) is 4.79 Å². The molecule has 0 amide bonds. The number of alkyl halides is 3. The van der Waals surface area contributed by atoms with Crippen LogP contribution in [-0.2, 0) is 9.53 Å². The predicted octanol–water partition coefficient (Wildman–Crippen LogP) is 3.76. The molecule has 2 atom stereocenters. The highest BCUT2D eigenvalue weighted by Crippen LogP contribution is 2.46. The number of hydrogen-bond acceptors (Lipinski definition) is 2. The van der Waals surface area contributed by atoms with E-state index in [4.69, 9.17) is 4.74 Å². The maximum absolute atomic E-state index is 12.4. The molecule has 0 aromatic heterocycles. The summed E-state index contributed by atoms with van der Waals surface area (Å²) in [6, 6.07) is 0. The Balaban J connectivity index is 2.20. The molecule has 0 aromatic rings. The first-order chi connectivity index (χ1) is 8.33. The normalized spacial score (nSPS) is 32.8. The third kappa shape index (κ3) is 2.54. The number of ether oxygens (including phenoxy) is 1. The molecule has 5 heteroatoms. The van der Waals surface area contributed by atoms with Crippen molar-refractivity contribution in [2.45, 2.75) is 56.7 Å². The van der Waals surface area contributed by atoms with Crippen LogP contribution in [0, 0.1) is 5.92 Å². The van der Waals surface area contributed by atoms with Crippen molar-refractivity contribution in [2.24, 2.45) is 5.92 Å². The summed E-state index contributed by atoms with van der Waals surface area (Å²) >= 11 is 0. The molecule has 2 bridgehead atoms. The molecule has 0 aliphatic heterocycles. The first kappa shape index (κ1) is 13.4. The highest BCUT2D eigenvalue weighted by Gasteiger charge is 2.49. The van der Waals surface area contributed by atoms with E-state index in [-0.39, 0.29) is 0 Å². The van der Waals surface area contributed by atoms with Crippen LogP contribution in [0.15, 0.2) is 12.2 Å². The molecule has 102 valence electrons. The van der Waals surface area contributed by atoms with Crippen LogP contribution >= 0.6 is 0 Å². The molecular weight excluding hydrogens is 245 g/mol. The molecule has 2 fully saturated rings. The van der Waals surface area contributed by atoms with E-state index in [2.05, 4.69) is 6.58 Å². The zero-order chi connectivity index (χ0) is 13.4. The third-order valence-corrected chi connectivity index (χ3v) is 4.07. The molecule has 0 spiro atoms. The van der Waals surface area contributed by atoms with E-state index in [1.807, 2.05) is 0 Å². The summed E-state index contributed by atoms with van der Waals surface area (Å²) in [7, 11) is 0. The van der Waals surface area contributed by atoms with Crippen molar-refractivity contribution in [3.8, 4) is 0 Å². The number of rotatable bonds is 1. The second-order valence-electron chi connectivity index (χ2n) is 5.34. The van der Waals surface area contributed by atoms with E-state index in [1.165, 1.54) is 0 Å². The van der Waals surface area contributed by atoms with Crippen molar-refractivity contribution >= 4 is 5.97 Å². The lowest BCUT2D eigenvalue weighted by molar-refractivity contribution is -0.214. The first-order valence-electron chi connectivity index (χ1n) is 6.32. The molecule has 0 heterocycles. The van der Waals surface area contributed by atoms with Gasteiger partial charge in [0.25, 0.3) is 0 Å². The van der Waals surface area contributed by atoms with Gasteiger partial charge in [0.1, 0.15) is 5.60 Å². The SMILES string of the molecule is C=C1CCCC2CCCC1(OC(=O)C(F)(F)F)C2. The second-order valence-corrected chi connectivity index (χ2v) is 5.34. The number of carbonyl (C=O) groups excluding carboxylic acids is 1. The topological polar surface area (TPSA) is 26.3 Å². The van der Waals surface area contributed by atoms with Gasteiger partial charge in [-0.2, -0.15) is 13.2 Å². The molecule has 2 rings (SSSR count). The van der Waals surface area contributed by atoms with Crippen molar-refractivity contribution in [1.82, 2.24) is 0 Å². The molecule has 0 aromatic carbocycles. The summed E-state index contributed by atoms with van der Waals surface area (Å²) < 4.78 is 41.9. The molecule has 0 radical (unpaired) electrons. The summed E-state index contributed by atoms with van der Waals surface area (Å²) in [6.45, 7) is 3.86. The van der Waals surface area contributed by atoms with E-state index in [1.54, 1.807) is 0 Å². The smallest absolute Gasteiger partial charge is 0.448 e. The van der Waals surface area contributed by atoms with Crippen LogP contribution in [0.25, 0.3) is 0 Å².